The van der Waals surface area contributed by atoms with Gasteiger partial charge in [-0.2, -0.15) is 0 Å². The fourth-order valence-electron chi connectivity index (χ4n) is 3.07. The monoisotopic (exact) mass is 273 g/mol. The van der Waals surface area contributed by atoms with Gasteiger partial charge < -0.3 is 15.0 Å². The van der Waals surface area contributed by atoms with Crippen LogP contribution in [-0.2, 0) is 4.74 Å². The minimum Gasteiger partial charge on any atom is -0.379 e. The molecule has 2 heterocycles. The van der Waals surface area contributed by atoms with E-state index in [-0.39, 0.29) is 0 Å². The van der Waals surface area contributed by atoms with E-state index in [0.717, 1.165) is 39.3 Å². The third kappa shape index (κ3) is 2.73. The first-order chi connectivity index (χ1) is 9.90. The van der Waals surface area contributed by atoms with Crippen molar-refractivity contribution in [1.29, 1.82) is 0 Å². The van der Waals surface area contributed by atoms with Crippen molar-refractivity contribution in [2.45, 2.75) is 12.5 Å². The molecular weight excluding hydrogens is 250 g/mol. The van der Waals surface area contributed by atoms with Crippen LogP contribution in [0, 0.1) is 0 Å². The van der Waals surface area contributed by atoms with Gasteiger partial charge in [0.1, 0.15) is 0 Å². The van der Waals surface area contributed by atoms with E-state index in [1.165, 1.54) is 16.5 Å². The molecule has 108 valence electrons. The molecule has 2 N–H and O–H groups in total. The minimum atomic E-state index is 0.461. The fourth-order valence-corrected chi connectivity index (χ4v) is 3.07. The van der Waals surface area contributed by atoms with Crippen LogP contribution in [0.25, 0.3) is 10.9 Å². The number of nitrogens with zero attached hydrogens (tertiary/aromatic N) is 1. The van der Waals surface area contributed by atoms with Crippen LogP contribution in [0.2, 0.25) is 0 Å². The number of hydrogen-bond donors (Lipinski definition) is 2. The Morgan fingerprint density at radius 1 is 1.30 bits per heavy atom. The Kier molecular flexibility index (Phi) is 4.35. The largest absolute Gasteiger partial charge is 0.379 e. The first kappa shape index (κ1) is 13.6. The maximum atomic E-state index is 5.49. The van der Waals surface area contributed by atoms with Crippen molar-refractivity contribution in [3.63, 3.8) is 0 Å². The normalized spacial score (nSPS) is 18.4. The van der Waals surface area contributed by atoms with Crippen molar-refractivity contribution in [3.8, 4) is 0 Å². The number of nitrogens with one attached hydrogen (secondary N) is 2. The van der Waals surface area contributed by atoms with Crippen LogP contribution in [0.5, 0.6) is 0 Å². The van der Waals surface area contributed by atoms with Crippen LogP contribution in [0.1, 0.15) is 18.0 Å². The zero-order valence-electron chi connectivity index (χ0n) is 12.1. The van der Waals surface area contributed by atoms with Crippen molar-refractivity contribution >= 4 is 10.9 Å². The second-order valence-corrected chi connectivity index (χ2v) is 5.35. The summed E-state index contributed by atoms with van der Waals surface area (Å²) in [6.07, 6.45) is 3.30. The molecule has 2 aromatic rings. The van der Waals surface area contributed by atoms with Gasteiger partial charge in [0.2, 0.25) is 0 Å². The summed E-state index contributed by atoms with van der Waals surface area (Å²) in [6.45, 7) is 4.76. The molecule has 4 nitrogen and oxygen atoms in total. The summed E-state index contributed by atoms with van der Waals surface area (Å²) in [6, 6.07) is 9.03. The van der Waals surface area contributed by atoms with E-state index in [4.69, 9.17) is 4.74 Å². The summed E-state index contributed by atoms with van der Waals surface area (Å²) in [5, 5.41) is 4.63. The number of aromatic amines is 1. The van der Waals surface area contributed by atoms with Crippen molar-refractivity contribution in [2.24, 2.45) is 0 Å². The third-order valence-corrected chi connectivity index (χ3v) is 4.13. The molecule has 1 unspecified atom stereocenters. The molecule has 1 atom stereocenters. The van der Waals surface area contributed by atoms with E-state index in [2.05, 4.69) is 45.7 Å². The zero-order valence-corrected chi connectivity index (χ0v) is 12.1. The first-order valence-electron chi connectivity index (χ1n) is 7.42. The molecule has 1 aliphatic heterocycles. The van der Waals surface area contributed by atoms with E-state index >= 15 is 0 Å². The van der Waals surface area contributed by atoms with Crippen LogP contribution < -0.4 is 5.32 Å². The van der Waals surface area contributed by atoms with E-state index in [9.17, 15) is 0 Å². The molecule has 0 spiro atoms. The molecule has 0 saturated carbocycles. The lowest BCUT2D eigenvalue weighted by Gasteiger charge is -2.34. The number of aromatic nitrogens is 1. The maximum Gasteiger partial charge on any atom is 0.0594 e. The summed E-state index contributed by atoms with van der Waals surface area (Å²) in [7, 11) is 2.02. The fraction of sp³-hybridized carbons (Fsp3) is 0.500. The summed E-state index contributed by atoms with van der Waals surface area (Å²) in [5.74, 6) is 0. The smallest absolute Gasteiger partial charge is 0.0594 e. The quantitative estimate of drug-likeness (QED) is 0.877. The van der Waals surface area contributed by atoms with Crippen molar-refractivity contribution < 1.29 is 4.74 Å². The van der Waals surface area contributed by atoms with Crippen LogP contribution in [0.3, 0.4) is 0 Å². The van der Waals surface area contributed by atoms with Gasteiger partial charge in [0, 0.05) is 36.2 Å². The highest BCUT2D eigenvalue weighted by Crippen LogP contribution is 2.31. The lowest BCUT2D eigenvalue weighted by molar-refractivity contribution is 0.0147. The van der Waals surface area contributed by atoms with Gasteiger partial charge in [0.15, 0.2) is 0 Å². The molecule has 3 rings (SSSR count). The van der Waals surface area contributed by atoms with Gasteiger partial charge in [0.25, 0.3) is 0 Å². The lowest BCUT2D eigenvalue weighted by atomic mass is 10.0. The van der Waals surface area contributed by atoms with Crippen molar-refractivity contribution in [2.75, 3.05) is 39.9 Å². The predicted octanol–water partition coefficient (Wildman–Crippen LogP) is 2.15. The van der Waals surface area contributed by atoms with E-state index in [1.54, 1.807) is 0 Å². The number of para-hydroxylation sites is 1. The topological polar surface area (TPSA) is 40.3 Å². The third-order valence-electron chi connectivity index (χ3n) is 4.13. The Morgan fingerprint density at radius 2 is 2.10 bits per heavy atom. The number of rotatable bonds is 5. The highest BCUT2D eigenvalue weighted by Gasteiger charge is 2.24. The Labute approximate surface area is 120 Å². The standard InChI is InChI=1S/C16H23N3O/c1-17-7-6-16(19-8-10-20-11-9-19)14-12-18-15-5-3-2-4-13(14)15/h2-5,12,16-18H,6-11H2,1H3. The van der Waals surface area contributed by atoms with E-state index < -0.39 is 0 Å². The molecule has 0 amide bonds. The van der Waals surface area contributed by atoms with Crippen LogP contribution in [0.15, 0.2) is 30.5 Å². The predicted molar refractivity (Wildman–Crippen MR) is 82.0 cm³/mol. The van der Waals surface area contributed by atoms with Gasteiger partial charge in [-0.15, -0.1) is 0 Å². The molecule has 1 aliphatic rings. The number of benzene rings is 1. The van der Waals surface area contributed by atoms with Crippen molar-refractivity contribution in [3.05, 3.63) is 36.0 Å². The minimum absolute atomic E-state index is 0.461. The molecule has 20 heavy (non-hydrogen) atoms. The van der Waals surface area contributed by atoms with Gasteiger partial charge in [-0.1, -0.05) is 18.2 Å². The Hall–Kier alpha value is -1.36. The van der Waals surface area contributed by atoms with Gasteiger partial charge in [-0.05, 0) is 31.6 Å². The van der Waals surface area contributed by atoms with Crippen LogP contribution in [0.4, 0.5) is 0 Å². The molecular formula is C16H23N3O. The Balaban J connectivity index is 1.90. The number of morpholine rings is 1. The Bertz CT molecular complexity index is 545. The van der Waals surface area contributed by atoms with Gasteiger partial charge >= 0.3 is 0 Å². The first-order valence-corrected chi connectivity index (χ1v) is 7.42. The summed E-state index contributed by atoms with van der Waals surface area (Å²) in [4.78, 5) is 5.96. The molecule has 4 heteroatoms. The van der Waals surface area contributed by atoms with Crippen LogP contribution >= 0.6 is 0 Å². The molecule has 0 bridgehead atoms. The summed E-state index contributed by atoms with van der Waals surface area (Å²) in [5.41, 5.74) is 2.64. The molecule has 0 radical (unpaired) electrons. The second kappa shape index (κ2) is 6.39. The van der Waals surface area contributed by atoms with Gasteiger partial charge in [-0.25, -0.2) is 0 Å². The summed E-state index contributed by atoms with van der Waals surface area (Å²) >= 11 is 0. The van der Waals surface area contributed by atoms with Crippen molar-refractivity contribution in [1.82, 2.24) is 15.2 Å². The molecule has 1 aromatic heterocycles. The van der Waals surface area contributed by atoms with Gasteiger partial charge in [0.05, 0.1) is 13.2 Å². The maximum absolute atomic E-state index is 5.49. The number of H-pyrrole nitrogens is 1. The number of ether oxygens (including phenoxy) is 1. The molecule has 1 fully saturated rings. The average Bonchev–Trinajstić information content (AvgIpc) is 2.93. The van der Waals surface area contributed by atoms with E-state index in [0.29, 0.717) is 6.04 Å². The van der Waals surface area contributed by atoms with E-state index in [1.807, 2.05) is 7.05 Å². The van der Waals surface area contributed by atoms with Gasteiger partial charge in [-0.3, -0.25) is 4.90 Å². The van der Waals surface area contributed by atoms with Crippen LogP contribution in [-0.4, -0.2) is 49.8 Å². The SMILES string of the molecule is CNCCC(c1c[nH]c2ccccc12)N1CCOCC1. The second-order valence-electron chi connectivity index (χ2n) is 5.35. The highest BCUT2D eigenvalue weighted by molar-refractivity contribution is 5.83. The summed E-state index contributed by atoms with van der Waals surface area (Å²) < 4.78 is 5.49. The highest BCUT2D eigenvalue weighted by atomic mass is 16.5. The molecule has 1 aromatic carbocycles. The number of fused-ring (bicyclic) bond motifs is 1. The Morgan fingerprint density at radius 3 is 2.90 bits per heavy atom. The average molecular weight is 273 g/mol. The number of hydrogen-bond acceptors (Lipinski definition) is 3. The molecule has 1 saturated heterocycles. The zero-order chi connectivity index (χ0) is 13.8. The molecule has 0 aliphatic carbocycles. The lowest BCUT2D eigenvalue weighted by Crippen LogP contribution is -2.39.